The van der Waals surface area contributed by atoms with E-state index in [-0.39, 0.29) is 24.0 Å². The van der Waals surface area contributed by atoms with E-state index in [0.29, 0.717) is 18.4 Å². The number of hydrogen-bond donors (Lipinski definition) is 2. The summed E-state index contributed by atoms with van der Waals surface area (Å²) in [5, 5.41) is 21.7. The summed E-state index contributed by atoms with van der Waals surface area (Å²) in [6.07, 6.45) is -0.559. The van der Waals surface area contributed by atoms with Gasteiger partial charge in [0.1, 0.15) is 6.10 Å². The zero-order valence-corrected chi connectivity index (χ0v) is 15.3. The van der Waals surface area contributed by atoms with Crippen molar-refractivity contribution in [1.29, 1.82) is 0 Å². The average molecular weight is 367 g/mol. The molecule has 0 saturated carbocycles. The molecule has 6 atom stereocenters. The number of likely N-dealkylation sites (N-methyl/N-ethyl adjacent to an activating group) is 1. The molecule has 2 saturated heterocycles. The van der Waals surface area contributed by atoms with E-state index in [2.05, 4.69) is 4.90 Å². The maximum absolute atomic E-state index is 12.6. The molecule has 5 heteroatoms. The van der Waals surface area contributed by atoms with E-state index < -0.39 is 18.3 Å². The van der Waals surface area contributed by atoms with Crippen LogP contribution in [0, 0.1) is 5.92 Å². The third-order valence-electron chi connectivity index (χ3n) is 6.06. The normalized spacial score (nSPS) is 31.4. The van der Waals surface area contributed by atoms with Gasteiger partial charge in [0.25, 0.3) is 0 Å². The number of fused-ring (bicyclic) bond motifs is 2. The summed E-state index contributed by atoms with van der Waals surface area (Å²) in [6, 6.07) is 18.2. The Morgan fingerprint density at radius 1 is 1.07 bits per heavy atom. The van der Waals surface area contributed by atoms with Crippen LogP contribution < -0.4 is 0 Å². The summed E-state index contributed by atoms with van der Waals surface area (Å²) in [7, 11) is 1.98. The molecule has 2 aromatic carbocycles. The van der Waals surface area contributed by atoms with E-state index in [0.717, 1.165) is 5.56 Å². The third kappa shape index (κ3) is 3.38. The van der Waals surface area contributed by atoms with Crippen molar-refractivity contribution in [3.05, 3.63) is 71.8 Å². The number of aliphatic hydroxyl groups excluding tert-OH is 2. The molecule has 2 fully saturated rings. The molecule has 0 radical (unpaired) electrons. The second kappa shape index (κ2) is 7.43. The fourth-order valence-electron chi connectivity index (χ4n) is 4.70. The van der Waals surface area contributed by atoms with E-state index >= 15 is 0 Å². The monoisotopic (exact) mass is 367 g/mol. The Hall–Kier alpha value is -2.21. The third-order valence-corrected chi connectivity index (χ3v) is 6.06. The van der Waals surface area contributed by atoms with Crippen LogP contribution in [0.2, 0.25) is 0 Å². The van der Waals surface area contributed by atoms with Crippen LogP contribution in [0.15, 0.2) is 60.7 Å². The number of aliphatic hydroxyl groups is 2. The zero-order chi connectivity index (χ0) is 19.0. The summed E-state index contributed by atoms with van der Waals surface area (Å²) in [5.74, 6) is -0.775. The largest absolute Gasteiger partial charge is 0.458 e. The minimum absolute atomic E-state index is 0.151. The number of rotatable bonds is 4. The lowest BCUT2D eigenvalue weighted by molar-refractivity contribution is -0.0906. The van der Waals surface area contributed by atoms with E-state index in [4.69, 9.17) is 4.74 Å². The van der Waals surface area contributed by atoms with Crippen molar-refractivity contribution < 1.29 is 19.7 Å². The van der Waals surface area contributed by atoms with E-state index in [1.165, 1.54) is 0 Å². The van der Waals surface area contributed by atoms with Gasteiger partial charge in [0.15, 0.2) is 0 Å². The minimum Gasteiger partial charge on any atom is -0.458 e. The zero-order valence-electron chi connectivity index (χ0n) is 15.3. The smallest absolute Gasteiger partial charge is 0.338 e. The average Bonchev–Trinajstić information content (AvgIpc) is 2.87. The number of carbonyl (C=O) groups is 1. The molecular weight excluding hydrogens is 342 g/mol. The fraction of sp³-hybridized carbons (Fsp3) is 0.409. The molecular formula is C22H25NO4. The van der Waals surface area contributed by atoms with E-state index in [1.54, 1.807) is 24.3 Å². The van der Waals surface area contributed by atoms with Gasteiger partial charge < -0.3 is 14.9 Å². The molecule has 0 aliphatic carbocycles. The summed E-state index contributed by atoms with van der Waals surface area (Å²) in [5.41, 5.74) is 1.27. The summed E-state index contributed by atoms with van der Waals surface area (Å²) in [4.78, 5) is 14.8. The van der Waals surface area contributed by atoms with Gasteiger partial charge in [0, 0.05) is 24.4 Å². The molecule has 2 heterocycles. The Morgan fingerprint density at radius 3 is 2.37 bits per heavy atom. The van der Waals surface area contributed by atoms with Crippen molar-refractivity contribution >= 4 is 5.97 Å². The Kier molecular flexibility index (Phi) is 5.00. The van der Waals surface area contributed by atoms with Crippen LogP contribution in [0.4, 0.5) is 0 Å². The first kappa shape index (κ1) is 18.2. The van der Waals surface area contributed by atoms with Gasteiger partial charge in [-0.2, -0.15) is 0 Å². The number of carbonyl (C=O) groups excluding carboxylic acids is 1. The van der Waals surface area contributed by atoms with Crippen LogP contribution in [-0.4, -0.2) is 52.4 Å². The summed E-state index contributed by atoms with van der Waals surface area (Å²) in [6.45, 7) is 0. The number of benzene rings is 2. The van der Waals surface area contributed by atoms with Crippen LogP contribution in [0.25, 0.3) is 0 Å². The highest BCUT2D eigenvalue weighted by molar-refractivity contribution is 5.89. The molecule has 27 heavy (non-hydrogen) atoms. The number of piperidine rings is 1. The standard InChI is InChI=1S/C22H25NO4/c1-23-16-12-17(24)20(23)19(21(25)14-8-4-2-5-9-14)18(13-16)27-22(26)15-10-6-3-7-11-15/h2-11,16-21,24-25H,12-13H2,1H3. The van der Waals surface area contributed by atoms with Crippen molar-refractivity contribution in [3.8, 4) is 0 Å². The molecule has 2 N–H and O–H groups in total. The molecule has 2 aliphatic rings. The predicted octanol–water partition coefficient (Wildman–Crippen LogP) is 2.40. The van der Waals surface area contributed by atoms with Gasteiger partial charge in [-0.15, -0.1) is 0 Å². The molecule has 0 amide bonds. The molecule has 2 aromatic rings. The highest BCUT2D eigenvalue weighted by Gasteiger charge is 2.54. The number of ether oxygens (including phenoxy) is 1. The van der Waals surface area contributed by atoms with Crippen molar-refractivity contribution in [2.45, 2.75) is 43.2 Å². The number of esters is 1. The molecule has 0 spiro atoms. The van der Waals surface area contributed by atoms with E-state index in [9.17, 15) is 15.0 Å². The first-order valence-corrected chi connectivity index (χ1v) is 9.45. The lowest BCUT2D eigenvalue weighted by atomic mass is 9.80. The molecule has 4 rings (SSSR count). The van der Waals surface area contributed by atoms with Gasteiger partial charge >= 0.3 is 5.97 Å². The van der Waals surface area contributed by atoms with Crippen molar-refractivity contribution in [2.75, 3.05) is 7.05 Å². The molecule has 0 aromatic heterocycles. The molecule has 5 nitrogen and oxygen atoms in total. The SMILES string of the molecule is CN1C2CC(O)C1C(C(O)c1ccccc1)C(OC(=O)c1ccccc1)C2. The Bertz CT molecular complexity index is 781. The fourth-order valence-corrected chi connectivity index (χ4v) is 4.70. The van der Waals surface area contributed by atoms with Crippen LogP contribution in [-0.2, 0) is 4.74 Å². The number of nitrogens with zero attached hydrogens (tertiary/aromatic N) is 1. The van der Waals surface area contributed by atoms with Crippen LogP contribution in [0.1, 0.15) is 34.9 Å². The van der Waals surface area contributed by atoms with Gasteiger partial charge in [-0.25, -0.2) is 4.79 Å². The van der Waals surface area contributed by atoms with Crippen LogP contribution in [0.5, 0.6) is 0 Å². The quantitative estimate of drug-likeness (QED) is 0.812. The Labute approximate surface area is 159 Å². The van der Waals surface area contributed by atoms with Gasteiger partial charge in [0.05, 0.1) is 17.8 Å². The molecule has 6 unspecified atom stereocenters. The molecule has 142 valence electrons. The lowest BCUT2D eigenvalue weighted by Crippen LogP contribution is -2.54. The minimum atomic E-state index is -0.819. The van der Waals surface area contributed by atoms with Crippen LogP contribution >= 0.6 is 0 Å². The predicted molar refractivity (Wildman–Crippen MR) is 101 cm³/mol. The van der Waals surface area contributed by atoms with Crippen molar-refractivity contribution in [3.63, 3.8) is 0 Å². The maximum Gasteiger partial charge on any atom is 0.338 e. The Morgan fingerprint density at radius 2 is 1.70 bits per heavy atom. The molecule has 2 bridgehead atoms. The van der Waals surface area contributed by atoms with Crippen molar-refractivity contribution in [1.82, 2.24) is 4.90 Å². The summed E-state index contributed by atoms with van der Waals surface area (Å²) < 4.78 is 5.87. The van der Waals surface area contributed by atoms with Crippen molar-refractivity contribution in [2.24, 2.45) is 5.92 Å². The maximum atomic E-state index is 12.6. The first-order chi connectivity index (χ1) is 13.1. The topological polar surface area (TPSA) is 70.0 Å². The lowest BCUT2D eigenvalue weighted by Gasteiger charge is -2.44. The highest BCUT2D eigenvalue weighted by Crippen LogP contribution is 2.45. The highest BCUT2D eigenvalue weighted by atomic mass is 16.5. The second-order valence-electron chi connectivity index (χ2n) is 7.59. The second-order valence-corrected chi connectivity index (χ2v) is 7.59. The molecule has 2 aliphatic heterocycles. The van der Waals surface area contributed by atoms with Gasteiger partial charge in [-0.1, -0.05) is 48.5 Å². The van der Waals surface area contributed by atoms with Gasteiger partial charge in [-0.3, -0.25) is 4.90 Å². The van der Waals surface area contributed by atoms with Gasteiger partial charge in [-0.05, 0) is 31.2 Å². The van der Waals surface area contributed by atoms with Crippen LogP contribution in [0.3, 0.4) is 0 Å². The van der Waals surface area contributed by atoms with Gasteiger partial charge in [0.2, 0.25) is 0 Å². The number of hydrogen-bond acceptors (Lipinski definition) is 5. The summed E-state index contributed by atoms with van der Waals surface area (Å²) >= 11 is 0. The Balaban J connectivity index is 1.63. The van der Waals surface area contributed by atoms with E-state index in [1.807, 2.05) is 43.4 Å². The first-order valence-electron chi connectivity index (χ1n) is 9.45.